The van der Waals surface area contributed by atoms with Crippen molar-refractivity contribution in [2.45, 2.75) is 245 Å². The van der Waals surface area contributed by atoms with Crippen LogP contribution in [0.25, 0.3) is 0 Å². The van der Waals surface area contributed by atoms with E-state index in [0.29, 0.717) is 17.4 Å². The summed E-state index contributed by atoms with van der Waals surface area (Å²) in [5, 5.41) is 11.8. The molecule has 0 aromatic carbocycles. The number of quaternary nitrogens is 1. The van der Waals surface area contributed by atoms with E-state index in [1.165, 1.54) is 116 Å². The molecule has 0 aromatic heterocycles. The van der Waals surface area contributed by atoms with E-state index in [1.54, 1.807) is 0 Å². The zero-order valence-corrected chi connectivity index (χ0v) is 45.2. The summed E-state index contributed by atoms with van der Waals surface area (Å²) < 4.78 is 22.7. The lowest BCUT2D eigenvalue weighted by atomic mass is 10.0. The maximum Gasteiger partial charge on any atom is 0.306 e. The van der Waals surface area contributed by atoms with Crippen LogP contribution in [0.3, 0.4) is 0 Å². The summed E-state index contributed by atoms with van der Waals surface area (Å²) >= 11 is 0. The summed E-state index contributed by atoms with van der Waals surface area (Å²) in [5.41, 5.74) is 0. The number of carboxylic acids is 1. The molecule has 0 amide bonds. The molecule has 9 nitrogen and oxygen atoms in total. The number of carboxylic acid groups (broad SMARTS) is 1. The molecule has 0 aliphatic carbocycles. The number of aliphatic carboxylic acids is 1. The van der Waals surface area contributed by atoms with Crippen LogP contribution in [0, 0.1) is 0 Å². The first-order valence-electron chi connectivity index (χ1n) is 28.1. The van der Waals surface area contributed by atoms with Crippen molar-refractivity contribution in [3.8, 4) is 0 Å². The second kappa shape index (κ2) is 51.1. The second-order valence-corrected chi connectivity index (χ2v) is 19.9. The fourth-order valence-corrected chi connectivity index (χ4v) is 7.66. The van der Waals surface area contributed by atoms with Gasteiger partial charge in [-0.2, -0.15) is 0 Å². The highest BCUT2D eigenvalue weighted by molar-refractivity contribution is 5.70. The van der Waals surface area contributed by atoms with Crippen LogP contribution in [0.2, 0.25) is 0 Å². The molecule has 0 saturated carbocycles. The maximum atomic E-state index is 12.8. The van der Waals surface area contributed by atoms with Gasteiger partial charge >= 0.3 is 11.9 Å². The average molecular weight is 968 g/mol. The molecule has 0 saturated heterocycles. The number of rotatable bonds is 51. The first kappa shape index (κ1) is 65.7. The van der Waals surface area contributed by atoms with Gasteiger partial charge in [-0.15, -0.1) is 0 Å². The summed E-state index contributed by atoms with van der Waals surface area (Å²) in [4.78, 5) is 37.3. The van der Waals surface area contributed by atoms with Gasteiger partial charge in [-0.1, -0.05) is 228 Å². The Hall–Kier alpha value is -3.27. The molecular formula is C60H105NO8. The van der Waals surface area contributed by atoms with Crippen molar-refractivity contribution < 1.29 is 42.9 Å². The highest BCUT2D eigenvalue weighted by Gasteiger charge is 2.22. The van der Waals surface area contributed by atoms with Crippen LogP contribution < -0.4 is 5.11 Å². The van der Waals surface area contributed by atoms with Gasteiger partial charge in [0.15, 0.2) is 12.4 Å². The average Bonchev–Trinajstić information content (AvgIpc) is 3.31. The number of unbranched alkanes of at least 4 members (excludes halogenated alkanes) is 24. The third-order valence-electron chi connectivity index (χ3n) is 12.0. The van der Waals surface area contributed by atoms with Crippen molar-refractivity contribution in [2.75, 3.05) is 47.5 Å². The Morgan fingerprint density at radius 2 is 0.826 bits per heavy atom. The number of nitrogens with zero attached hydrogens (tertiary/aromatic N) is 1. The molecule has 0 aliphatic rings. The van der Waals surface area contributed by atoms with Gasteiger partial charge in [0.05, 0.1) is 40.3 Å². The number of hydrogen-bond donors (Lipinski definition) is 0. The van der Waals surface area contributed by atoms with Crippen molar-refractivity contribution in [3.05, 3.63) is 72.9 Å². The quantitative estimate of drug-likeness (QED) is 0.0195. The summed E-state index contributed by atoms with van der Waals surface area (Å²) in [5.74, 6) is -2.31. The summed E-state index contributed by atoms with van der Waals surface area (Å²) in [6, 6.07) is 0. The lowest BCUT2D eigenvalue weighted by Gasteiger charge is -2.26. The van der Waals surface area contributed by atoms with E-state index < -0.39 is 24.3 Å². The molecule has 0 radical (unpaired) electrons. The summed E-state index contributed by atoms with van der Waals surface area (Å²) in [6.45, 7) is 4.62. The minimum atomic E-state index is -1.63. The molecule has 69 heavy (non-hydrogen) atoms. The Bertz CT molecular complexity index is 1360. The van der Waals surface area contributed by atoms with E-state index in [4.69, 9.17) is 18.9 Å². The highest BCUT2D eigenvalue weighted by Crippen LogP contribution is 2.16. The molecule has 398 valence electrons. The lowest BCUT2D eigenvalue weighted by molar-refractivity contribution is -0.870. The summed E-state index contributed by atoms with van der Waals surface area (Å²) in [7, 11) is 5.91. The van der Waals surface area contributed by atoms with E-state index in [-0.39, 0.29) is 38.6 Å². The van der Waals surface area contributed by atoms with Gasteiger partial charge in [0.1, 0.15) is 13.2 Å². The fraction of sp³-hybridized carbons (Fsp3) is 0.750. The van der Waals surface area contributed by atoms with Crippen LogP contribution >= 0.6 is 0 Å². The number of carbonyl (C=O) groups is 3. The van der Waals surface area contributed by atoms with Crippen molar-refractivity contribution in [2.24, 2.45) is 0 Å². The molecule has 9 heteroatoms. The smallest absolute Gasteiger partial charge is 0.306 e. The maximum absolute atomic E-state index is 12.8. The first-order chi connectivity index (χ1) is 33.6. The largest absolute Gasteiger partial charge is 0.545 e. The Morgan fingerprint density at radius 3 is 1.23 bits per heavy atom. The number of esters is 2. The molecule has 0 fully saturated rings. The molecule has 0 spiro atoms. The number of allylic oxidation sites excluding steroid dienone is 12. The van der Waals surface area contributed by atoms with Gasteiger partial charge in [0.2, 0.25) is 0 Å². The van der Waals surface area contributed by atoms with Crippen molar-refractivity contribution >= 4 is 17.9 Å². The SMILES string of the molecule is CC/C=C\C/C=C\C/C=C\C/C=C\C/C=C\C/C=C\CCCCCCC(=O)OC(COC(=O)CCCCCCCCCCCCCCCCCCCCCCC)COC(OCC[N+](C)(C)C)C(=O)[O-]. The Labute approximate surface area is 424 Å². The van der Waals surface area contributed by atoms with E-state index in [9.17, 15) is 19.5 Å². The number of hydrogen-bond acceptors (Lipinski definition) is 8. The van der Waals surface area contributed by atoms with Crippen LogP contribution in [-0.2, 0) is 33.3 Å². The van der Waals surface area contributed by atoms with E-state index in [2.05, 4.69) is 86.8 Å². The zero-order valence-electron chi connectivity index (χ0n) is 45.2. The molecule has 0 N–H and O–H groups in total. The molecular weight excluding hydrogens is 863 g/mol. The van der Waals surface area contributed by atoms with Crippen molar-refractivity contribution in [1.29, 1.82) is 0 Å². The van der Waals surface area contributed by atoms with E-state index >= 15 is 0 Å². The third-order valence-corrected chi connectivity index (χ3v) is 12.0. The first-order valence-corrected chi connectivity index (χ1v) is 28.1. The molecule has 0 rings (SSSR count). The van der Waals surface area contributed by atoms with Gasteiger partial charge < -0.3 is 33.3 Å². The second-order valence-electron chi connectivity index (χ2n) is 19.9. The summed E-state index contributed by atoms with van der Waals surface area (Å²) in [6.07, 6.45) is 62.3. The minimum Gasteiger partial charge on any atom is -0.545 e. The van der Waals surface area contributed by atoms with Gasteiger partial charge in [-0.3, -0.25) is 9.59 Å². The van der Waals surface area contributed by atoms with Gasteiger partial charge in [-0.05, 0) is 64.2 Å². The predicted molar refractivity (Wildman–Crippen MR) is 288 cm³/mol. The van der Waals surface area contributed by atoms with Gasteiger partial charge in [-0.25, -0.2) is 0 Å². The fourth-order valence-electron chi connectivity index (χ4n) is 7.66. The van der Waals surface area contributed by atoms with Crippen LogP contribution in [0.5, 0.6) is 0 Å². The topological polar surface area (TPSA) is 111 Å². The molecule has 2 unspecified atom stereocenters. The predicted octanol–water partition coefficient (Wildman–Crippen LogP) is 14.9. The lowest BCUT2D eigenvalue weighted by Crippen LogP contribution is -2.44. The van der Waals surface area contributed by atoms with Crippen LogP contribution in [0.15, 0.2) is 72.9 Å². The van der Waals surface area contributed by atoms with Crippen molar-refractivity contribution in [3.63, 3.8) is 0 Å². The molecule has 0 aromatic rings. The standard InChI is InChI=1S/C60H105NO8/c1-6-8-10-12-14-16-18-20-22-24-26-28-29-31-33-35-37-39-41-43-45-47-49-51-58(63)69-56(55-68-60(59(64)65)66-53-52-61(3,4)5)54-67-57(62)50-48-46-44-42-40-38-36-34-32-30-27-25-23-21-19-17-15-13-11-9-7-2/h8,10,14,16,20,22,26,28,31,33,37,39,56,60H,6-7,9,11-13,15,17-19,21,23-25,27,29-30,32,34-36,38,40-55H2,1-5H3/b10-8-,16-14-,22-20-,28-26-,33-31-,39-37-. The zero-order chi connectivity index (χ0) is 50.6. The normalized spacial score (nSPS) is 13.3. The Balaban J connectivity index is 4.34. The monoisotopic (exact) mass is 968 g/mol. The molecule has 0 aliphatic heterocycles. The molecule has 0 bridgehead atoms. The van der Waals surface area contributed by atoms with Crippen LogP contribution in [-0.4, -0.2) is 82.3 Å². The number of carbonyl (C=O) groups excluding carboxylic acids is 3. The Morgan fingerprint density at radius 1 is 0.449 bits per heavy atom. The highest BCUT2D eigenvalue weighted by atomic mass is 16.7. The molecule has 2 atom stereocenters. The minimum absolute atomic E-state index is 0.140. The van der Waals surface area contributed by atoms with Gasteiger partial charge in [0.25, 0.3) is 0 Å². The van der Waals surface area contributed by atoms with E-state index in [0.717, 1.165) is 83.5 Å². The number of ether oxygens (including phenoxy) is 4. The van der Waals surface area contributed by atoms with E-state index in [1.807, 2.05) is 21.1 Å². The van der Waals surface area contributed by atoms with Crippen molar-refractivity contribution in [1.82, 2.24) is 0 Å². The molecule has 0 heterocycles. The Kier molecular flexibility index (Phi) is 48.7. The third kappa shape index (κ3) is 52.4. The van der Waals surface area contributed by atoms with Gasteiger partial charge in [0, 0.05) is 12.8 Å². The number of likely N-dealkylation sites (N-methyl/N-ethyl adjacent to an activating group) is 1. The van der Waals surface area contributed by atoms with Crippen LogP contribution in [0.4, 0.5) is 0 Å². The van der Waals surface area contributed by atoms with Crippen LogP contribution in [0.1, 0.15) is 232 Å².